The molecule has 1 aliphatic heterocycles. The molecule has 1 aromatic heterocycles. The van der Waals surface area contributed by atoms with Crippen molar-refractivity contribution in [3.63, 3.8) is 0 Å². The number of carboxylic acids is 1. The Morgan fingerprint density at radius 1 is 1.06 bits per heavy atom. The van der Waals surface area contributed by atoms with Gasteiger partial charge in [-0.2, -0.15) is 5.10 Å². The Kier molecular flexibility index (Phi) is 5.72. The molecule has 0 atom stereocenters. The van der Waals surface area contributed by atoms with E-state index in [0.29, 0.717) is 13.1 Å². The zero-order valence-electron chi connectivity index (χ0n) is 18.1. The van der Waals surface area contributed by atoms with Crippen molar-refractivity contribution in [2.75, 3.05) is 31.6 Å². The van der Waals surface area contributed by atoms with Crippen molar-refractivity contribution in [2.45, 2.75) is 12.0 Å². The summed E-state index contributed by atoms with van der Waals surface area (Å²) in [5.74, 6) is -1.26. The number of carboxylic acid groups (broad SMARTS) is 1. The van der Waals surface area contributed by atoms with Crippen LogP contribution in [0.25, 0.3) is 11.1 Å². The molecule has 174 valence electrons. The number of nitrogens with one attached hydrogen (secondary N) is 2. The van der Waals surface area contributed by atoms with Crippen molar-refractivity contribution < 1.29 is 29.0 Å². The molecule has 0 radical (unpaired) electrons. The lowest BCUT2D eigenvalue weighted by Crippen LogP contribution is -2.55. The van der Waals surface area contributed by atoms with E-state index in [1.165, 1.54) is 11.0 Å². The summed E-state index contributed by atoms with van der Waals surface area (Å²) in [5.41, 5.74) is 4.72. The molecule has 10 nitrogen and oxygen atoms in total. The van der Waals surface area contributed by atoms with Gasteiger partial charge in [0.1, 0.15) is 18.9 Å². The fraction of sp³-hybridized carbons (Fsp3) is 0.250. The first-order valence-electron chi connectivity index (χ1n) is 10.8. The van der Waals surface area contributed by atoms with Crippen LogP contribution in [-0.2, 0) is 14.3 Å². The number of nitrogens with zero attached hydrogens (tertiary/aromatic N) is 2. The number of H-pyrrole nitrogens is 1. The first-order valence-corrected chi connectivity index (χ1v) is 10.8. The van der Waals surface area contributed by atoms with E-state index in [9.17, 15) is 14.4 Å². The van der Waals surface area contributed by atoms with Gasteiger partial charge in [0.25, 0.3) is 5.91 Å². The molecule has 34 heavy (non-hydrogen) atoms. The number of hydrogen-bond acceptors (Lipinski definition) is 6. The molecule has 2 amide bonds. The summed E-state index contributed by atoms with van der Waals surface area (Å²) < 4.78 is 10.6. The Balaban J connectivity index is 1.15. The van der Waals surface area contributed by atoms with Crippen LogP contribution in [0.4, 0.5) is 10.6 Å². The molecular formula is C24H22N4O6. The van der Waals surface area contributed by atoms with Gasteiger partial charge >= 0.3 is 12.1 Å². The number of fused-ring (bicyclic) bond motifs is 3. The van der Waals surface area contributed by atoms with Gasteiger partial charge in [-0.15, -0.1) is 0 Å². The van der Waals surface area contributed by atoms with Crippen LogP contribution in [-0.4, -0.2) is 70.6 Å². The number of aromatic amines is 1. The molecule has 1 fully saturated rings. The van der Waals surface area contributed by atoms with Crippen LogP contribution < -0.4 is 5.32 Å². The average Bonchev–Trinajstić information content (AvgIpc) is 3.39. The number of amides is 2. The highest BCUT2D eigenvalue weighted by molar-refractivity contribution is 5.94. The van der Waals surface area contributed by atoms with Crippen molar-refractivity contribution >= 4 is 23.8 Å². The van der Waals surface area contributed by atoms with Gasteiger partial charge in [-0.1, -0.05) is 48.5 Å². The second kappa shape index (κ2) is 8.99. The number of carbonyl (C=O) groups excluding carboxylic acids is 2. The molecular weight excluding hydrogens is 440 g/mol. The number of benzene rings is 2. The molecule has 0 saturated carbocycles. The molecule has 0 spiro atoms. The number of aliphatic carboxylic acids is 1. The van der Waals surface area contributed by atoms with E-state index in [4.69, 9.17) is 14.6 Å². The van der Waals surface area contributed by atoms with Gasteiger partial charge in [-0.3, -0.25) is 15.2 Å². The maximum Gasteiger partial charge on any atom is 0.412 e. The minimum Gasteiger partial charge on any atom is -0.480 e. The number of ether oxygens (including phenoxy) is 2. The molecule has 0 unspecified atom stereocenters. The Labute approximate surface area is 194 Å². The first kappa shape index (κ1) is 21.7. The predicted octanol–water partition coefficient (Wildman–Crippen LogP) is 2.70. The quantitative estimate of drug-likeness (QED) is 0.491. The molecule has 2 heterocycles. The SMILES string of the molecule is O=C(O)COC1CN(C(=O)c2cc(NC(=O)OCC3c4ccccc4-c4ccccc43)n[nH]2)C1. The Morgan fingerprint density at radius 3 is 2.35 bits per heavy atom. The summed E-state index contributed by atoms with van der Waals surface area (Å²) in [4.78, 5) is 36.9. The lowest BCUT2D eigenvalue weighted by atomic mass is 9.98. The Morgan fingerprint density at radius 2 is 1.71 bits per heavy atom. The van der Waals surface area contributed by atoms with Gasteiger partial charge in [0.2, 0.25) is 0 Å². The zero-order chi connectivity index (χ0) is 23.7. The number of rotatable bonds is 7. The van der Waals surface area contributed by atoms with Gasteiger partial charge in [-0.05, 0) is 22.3 Å². The van der Waals surface area contributed by atoms with Gasteiger partial charge in [0.15, 0.2) is 5.82 Å². The molecule has 2 aliphatic rings. The van der Waals surface area contributed by atoms with Gasteiger partial charge in [-0.25, -0.2) is 9.59 Å². The summed E-state index contributed by atoms with van der Waals surface area (Å²) in [6, 6.07) is 17.6. The van der Waals surface area contributed by atoms with E-state index in [-0.39, 0.29) is 36.0 Å². The molecule has 0 bridgehead atoms. The summed E-state index contributed by atoms with van der Waals surface area (Å²) >= 11 is 0. The van der Waals surface area contributed by atoms with Crippen molar-refractivity contribution in [2.24, 2.45) is 0 Å². The van der Waals surface area contributed by atoms with Crippen molar-refractivity contribution in [3.05, 3.63) is 71.4 Å². The third-order valence-electron chi connectivity index (χ3n) is 5.96. The molecule has 2 aromatic carbocycles. The number of aromatic nitrogens is 2. The third kappa shape index (κ3) is 4.23. The van der Waals surface area contributed by atoms with Crippen molar-refractivity contribution in [1.82, 2.24) is 15.1 Å². The highest BCUT2D eigenvalue weighted by atomic mass is 16.5. The molecule has 3 N–H and O–H groups in total. The van der Waals surface area contributed by atoms with Crippen LogP contribution in [0.2, 0.25) is 0 Å². The minimum absolute atomic E-state index is 0.0582. The van der Waals surface area contributed by atoms with Gasteiger partial charge in [0, 0.05) is 25.1 Å². The lowest BCUT2D eigenvalue weighted by molar-refractivity contribution is -0.147. The van der Waals surface area contributed by atoms with Crippen LogP contribution in [0, 0.1) is 0 Å². The highest BCUT2D eigenvalue weighted by Crippen LogP contribution is 2.44. The average molecular weight is 462 g/mol. The van der Waals surface area contributed by atoms with Crippen LogP contribution in [0.1, 0.15) is 27.5 Å². The first-order chi connectivity index (χ1) is 16.5. The maximum atomic E-state index is 12.5. The van der Waals surface area contributed by atoms with Crippen LogP contribution in [0.15, 0.2) is 54.6 Å². The summed E-state index contributed by atoms with van der Waals surface area (Å²) in [6.07, 6.45) is -0.972. The third-order valence-corrected chi connectivity index (χ3v) is 5.96. The van der Waals surface area contributed by atoms with Crippen molar-refractivity contribution in [3.8, 4) is 11.1 Å². The van der Waals surface area contributed by atoms with Crippen LogP contribution in [0.5, 0.6) is 0 Å². The predicted molar refractivity (Wildman–Crippen MR) is 121 cm³/mol. The van der Waals surface area contributed by atoms with E-state index >= 15 is 0 Å². The molecule has 1 saturated heterocycles. The van der Waals surface area contributed by atoms with E-state index in [1.807, 2.05) is 36.4 Å². The number of anilines is 1. The fourth-order valence-corrected chi connectivity index (χ4v) is 4.30. The maximum absolute atomic E-state index is 12.5. The van der Waals surface area contributed by atoms with Gasteiger partial charge in [0.05, 0.1) is 6.10 Å². The second-order valence-electron chi connectivity index (χ2n) is 8.15. The minimum atomic E-state index is -1.05. The van der Waals surface area contributed by atoms with Crippen LogP contribution in [0.3, 0.4) is 0 Å². The smallest absolute Gasteiger partial charge is 0.412 e. The normalized spacial score (nSPS) is 14.8. The van der Waals surface area contributed by atoms with E-state index in [1.54, 1.807) is 0 Å². The Hall–Kier alpha value is -4.18. The van der Waals surface area contributed by atoms with E-state index < -0.39 is 18.7 Å². The second-order valence-corrected chi connectivity index (χ2v) is 8.15. The monoisotopic (exact) mass is 462 g/mol. The summed E-state index contributed by atoms with van der Waals surface area (Å²) in [7, 11) is 0. The Bertz CT molecular complexity index is 1200. The van der Waals surface area contributed by atoms with E-state index in [2.05, 4.69) is 27.6 Å². The largest absolute Gasteiger partial charge is 0.480 e. The lowest BCUT2D eigenvalue weighted by Gasteiger charge is -2.38. The molecule has 5 rings (SSSR count). The van der Waals surface area contributed by atoms with Crippen molar-refractivity contribution in [1.29, 1.82) is 0 Å². The number of hydrogen-bond donors (Lipinski definition) is 3. The summed E-state index contributed by atoms with van der Waals surface area (Å²) in [5, 5.41) is 17.7. The van der Waals surface area contributed by atoms with Crippen LogP contribution >= 0.6 is 0 Å². The molecule has 10 heteroatoms. The standard InChI is InChI=1S/C24H22N4O6/c29-22(30)13-33-14-10-28(11-14)23(31)20-9-21(27-26-20)25-24(32)34-12-19-17-7-3-1-5-15(17)16-6-2-4-8-18(16)19/h1-9,14,19H,10-13H2,(H,29,30)(H2,25,26,27,32). The topological polar surface area (TPSA) is 134 Å². The zero-order valence-corrected chi connectivity index (χ0v) is 18.1. The highest BCUT2D eigenvalue weighted by Gasteiger charge is 2.33. The number of carbonyl (C=O) groups is 3. The fourth-order valence-electron chi connectivity index (χ4n) is 4.30. The van der Waals surface area contributed by atoms with Gasteiger partial charge < -0.3 is 19.5 Å². The molecule has 3 aromatic rings. The van der Waals surface area contributed by atoms with E-state index in [0.717, 1.165) is 22.3 Å². The number of likely N-dealkylation sites (tertiary alicyclic amines) is 1. The molecule has 1 aliphatic carbocycles. The summed E-state index contributed by atoms with van der Waals surface area (Å²) in [6.45, 7) is 0.354.